The first-order valence-corrected chi connectivity index (χ1v) is 14.0. The number of hydrogen-bond acceptors (Lipinski definition) is 5. The van der Waals surface area contributed by atoms with Crippen molar-refractivity contribution in [3.8, 4) is 17.2 Å². The highest BCUT2D eigenvalue weighted by atomic mass is 35.5. The van der Waals surface area contributed by atoms with Crippen LogP contribution in [0.2, 0.25) is 10.0 Å². The summed E-state index contributed by atoms with van der Waals surface area (Å²) in [4.78, 5) is 20.0. The molecule has 0 radical (unpaired) electrons. The van der Waals surface area contributed by atoms with E-state index in [4.69, 9.17) is 32.9 Å². The monoisotopic (exact) mass is 562 g/mol. The fraction of sp³-hybridized carbons (Fsp3) is 0.387. The van der Waals surface area contributed by atoms with Gasteiger partial charge in [0, 0.05) is 35.3 Å². The Morgan fingerprint density at radius 2 is 1.87 bits per heavy atom. The van der Waals surface area contributed by atoms with Gasteiger partial charge in [0.15, 0.2) is 0 Å². The number of nitrogens with zero attached hydrogens (tertiary/aromatic N) is 3. The third-order valence-corrected chi connectivity index (χ3v) is 8.61. The van der Waals surface area contributed by atoms with Crippen molar-refractivity contribution in [3.05, 3.63) is 81.0 Å². The standard InChI is InChI=1S/C31H32Cl2N4O2/c1-19-26(23-10-7-11-24(32)27(23)33)21(18-34)16-25(35-19)37-14-12-31(13-15-37)17-20-8-5-6-9-22(20)28(31)36-29(38)39-30(2,3)4/h5-11,16,28H,12-15,17H2,1-4H3,(H,36,38)/t28-/m1/s1. The summed E-state index contributed by atoms with van der Waals surface area (Å²) in [6, 6.07) is 17.8. The van der Waals surface area contributed by atoms with Crippen molar-refractivity contribution in [2.45, 2.75) is 58.6 Å². The Morgan fingerprint density at radius 1 is 1.15 bits per heavy atom. The summed E-state index contributed by atoms with van der Waals surface area (Å²) >= 11 is 12.7. The highest BCUT2D eigenvalue weighted by Gasteiger charge is 2.48. The number of hydrogen-bond donors (Lipinski definition) is 1. The maximum absolute atomic E-state index is 12.8. The Labute approximate surface area is 239 Å². The quantitative estimate of drug-likeness (QED) is 0.354. The molecule has 1 N–H and O–H groups in total. The number of nitriles is 1. The molecule has 1 atom stereocenters. The zero-order valence-corrected chi connectivity index (χ0v) is 24.2. The summed E-state index contributed by atoms with van der Waals surface area (Å²) in [5.41, 5.74) is 4.41. The molecule has 1 aliphatic heterocycles. The molecule has 0 saturated carbocycles. The van der Waals surface area contributed by atoms with Crippen LogP contribution >= 0.6 is 23.2 Å². The van der Waals surface area contributed by atoms with Crippen LogP contribution in [0, 0.1) is 23.7 Å². The van der Waals surface area contributed by atoms with Crippen LogP contribution in [0.3, 0.4) is 0 Å². The van der Waals surface area contributed by atoms with Gasteiger partial charge in [0.25, 0.3) is 0 Å². The molecule has 1 fully saturated rings. The van der Waals surface area contributed by atoms with Crippen molar-refractivity contribution < 1.29 is 9.53 Å². The van der Waals surface area contributed by atoms with Crippen molar-refractivity contribution in [1.82, 2.24) is 10.3 Å². The Morgan fingerprint density at radius 3 is 2.56 bits per heavy atom. The number of ether oxygens (including phenoxy) is 1. The summed E-state index contributed by atoms with van der Waals surface area (Å²) < 4.78 is 5.62. The molecule has 8 heteroatoms. The van der Waals surface area contributed by atoms with Crippen molar-refractivity contribution in [1.29, 1.82) is 5.26 Å². The Hall–Kier alpha value is -3.27. The van der Waals surface area contributed by atoms with Crippen LogP contribution in [-0.2, 0) is 11.2 Å². The molecule has 1 spiro atoms. The van der Waals surface area contributed by atoms with E-state index >= 15 is 0 Å². The third kappa shape index (κ3) is 5.31. The van der Waals surface area contributed by atoms with E-state index in [9.17, 15) is 10.1 Å². The average molecular weight is 564 g/mol. The fourth-order valence-corrected chi connectivity index (χ4v) is 6.43. The van der Waals surface area contributed by atoms with Gasteiger partial charge in [-0.05, 0) is 70.2 Å². The van der Waals surface area contributed by atoms with Gasteiger partial charge in [0.05, 0.1) is 27.7 Å². The molecule has 1 aromatic heterocycles. The van der Waals surface area contributed by atoms with Crippen molar-refractivity contribution in [2.24, 2.45) is 5.41 Å². The number of aryl methyl sites for hydroxylation is 1. The molecule has 2 heterocycles. The number of carbonyl (C=O) groups excluding carboxylic acids is 1. The van der Waals surface area contributed by atoms with Crippen LogP contribution in [0.15, 0.2) is 48.5 Å². The Bertz CT molecular complexity index is 1470. The van der Waals surface area contributed by atoms with E-state index in [1.807, 2.05) is 52.0 Å². The summed E-state index contributed by atoms with van der Waals surface area (Å²) in [6.07, 6.45) is 2.25. The highest BCUT2D eigenvalue weighted by molar-refractivity contribution is 6.43. The van der Waals surface area contributed by atoms with Gasteiger partial charge in [-0.15, -0.1) is 0 Å². The maximum atomic E-state index is 12.8. The van der Waals surface area contributed by atoms with Crippen molar-refractivity contribution >= 4 is 35.1 Å². The van der Waals surface area contributed by atoms with Crippen LogP contribution in [0.4, 0.5) is 10.6 Å². The second kappa shape index (κ2) is 10.4. The summed E-state index contributed by atoms with van der Waals surface area (Å²) in [5, 5.41) is 14.1. The van der Waals surface area contributed by atoms with E-state index in [0.717, 1.165) is 43.9 Å². The molecule has 1 saturated heterocycles. The SMILES string of the molecule is Cc1nc(N2CCC3(CC2)Cc2ccccc2[C@H]3NC(=O)OC(C)(C)C)cc(C#N)c1-c1cccc(Cl)c1Cl. The third-order valence-electron chi connectivity index (χ3n) is 7.79. The highest BCUT2D eigenvalue weighted by Crippen LogP contribution is 2.52. The van der Waals surface area contributed by atoms with E-state index in [1.165, 1.54) is 11.1 Å². The Kier molecular flexibility index (Phi) is 7.26. The molecule has 0 unspecified atom stereocenters. The molecular weight excluding hydrogens is 531 g/mol. The number of carbonyl (C=O) groups is 1. The maximum Gasteiger partial charge on any atom is 0.408 e. The molecule has 202 valence electrons. The van der Waals surface area contributed by atoms with Gasteiger partial charge in [-0.25, -0.2) is 9.78 Å². The largest absolute Gasteiger partial charge is 0.444 e. The number of halogens is 2. The molecule has 0 bridgehead atoms. The fourth-order valence-electron chi connectivity index (χ4n) is 6.03. The number of benzene rings is 2. The number of amides is 1. The van der Waals surface area contributed by atoms with E-state index < -0.39 is 11.7 Å². The number of fused-ring (bicyclic) bond motifs is 1. The van der Waals surface area contributed by atoms with Gasteiger partial charge < -0.3 is 15.0 Å². The summed E-state index contributed by atoms with van der Waals surface area (Å²) in [6.45, 7) is 9.04. The Balaban J connectivity index is 1.40. The lowest BCUT2D eigenvalue weighted by Crippen LogP contribution is -2.48. The first-order chi connectivity index (χ1) is 18.5. The van der Waals surface area contributed by atoms with Crippen LogP contribution < -0.4 is 10.2 Å². The minimum atomic E-state index is -0.567. The van der Waals surface area contributed by atoms with Crippen molar-refractivity contribution in [2.75, 3.05) is 18.0 Å². The van der Waals surface area contributed by atoms with E-state index in [0.29, 0.717) is 26.7 Å². The predicted octanol–water partition coefficient (Wildman–Crippen LogP) is 7.64. The van der Waals surface area contributed by atoms with Gasteiger partial charge in [0.2, 0.25) is 0 Å². The average Bonchev–Trinajstić information content (AvgIpc) is 3.17. The normalized spacial score (nSPS) is 18.0. The second-order valence-corrected chi connectivity index (χ2v) is 12.3. The van der Waals surface area contributed by atoms with Crippen LogP contribution in [0.5, 0.6) is 0 Å². The minimum Gasteiger partial charge on any atom is -0.444 e. The van der Waals surface area contributed by atoms with Gasteiger partial charge >= 0.3 is 6.09 Å². The molecule has 3 aromatic rings. The lowest BCUT2D eigenvalue weighted by molar-refractivity contribution is 0.0428. The number of nitrogens with one attached hydrogen (secondary N) is 1. The predicted molar refractivity (Wildman–Crippen MR) is 155 cm³/mol. The summed E-state index contributed by atoms with van der Waals surface area (Å²) in [5.74, 6) is 0.771. The zero-order chi connectivity index (χ0) is 27.9. The molecule has 5 rings (SSSR count). The topological polar surface area (TPSA) is 78.2 Å². The second-order valence-electron chi connectivity index (χ2n) is 11.5. The first kappa shape index (κ1) is 27.3. The lowest BCUT2D eigenvalue weighted by Gasteiger charge is -2.44. The number of pyridine rings is 1. The number of piperidine rings is 1. The van der Waals surface area contributed by atoms with Crippen LogP contribution in [0.1, 0.15) is 62.0 Å². The lowest BCUT2D eigenvalue weighted by atomic mass is 9.72. The number of aromatic nitrogens is 1. The molecule has 2 aliphatic rings. The van der Waals surface area contributed by atoms with E-state index in [1.54, 1.807) is 6.07 Å². The molecular formula is C31H32Cl2N4O2. The molecule has 39 heavy (non-hydrogen) atoms. The first-order valence-electron chi connectivity index (χ1n) is 13.2. The number of alkyl carbamates (subject to hydrolysis) is 1. The smallest absolute Gasteiger partial charge is 0.408 e. The molecule has 6 nitrogen and oxygen atoms in total. The van der Waals surface area contributed by atoms with Gasteiger partial charge in [-0.1, -0.05) is 59.6 Å². The van der Waals surface area contributed by atoms with Crippen LogP contribution in [-0.4, -0.2) is 29.8 Å². The number of anilines is 1. The number of rotatable bonds is 3. The minimum absolute atomic E-state index is 0.113. The van der Waals surface area contributed by atoms with Crippen LogP contribution in [0.25, 0.3) is 11.1 Å². The van der Waals surface area contributed by atoms with E-state index in [-0.39, 0.29) is 11.5 Å². The van der Waals surface area contributed by atoms with Gasteiger partial charge in [0.1, 0.15) is 11.4 Å². The van der Waals surface area contributed by atoms with E-state index in [2.05, 4.69) is 34.5 Å². The van der Waals surface area contributed by atoms with Gasteiger partial charge in [-0.2, -0.15) is 5.26 Å². The molecule has 2 aromatic carbocycles. The molecule has 1 aliphatic carbocycles. The van der Waals surface area contributed by atoms with Gasteiger partial charge in [-0.3, -0.25) is 0 Å². The van der Waals surface area contributed by atoms with Crippen molar-refractivity contribution in [3.63, 3.8) is 0 Å². The summed E-state index contributed by atoms with van der Waals surface area (Å²) in [7, 11) is 0. The molecule has 1 amide bonds. The zero-order valence-electron chi connectivity index (χ0n) is 22.6.